The molecule has 0 saturated carbocycles. The van der Waals surface area contributed by atoms with Crippen LogP contribution in [0, 0.1) is 0 Å². The zero-order chi connectivity index (χ0) is 19.8. The van der Waals surface area contributed by atoms with Crippen molar-refractivity contribution in [3.8, 4) is 11.5 Å². The molecule has 0 spiro atoms. The molecule has 1 fully saturated rings. The van der Waals surface area contributed by atoms with Gasteiger partial charge in [-0.05, 0) is 60.5 Å². The first-order valence-corrected chi connectivity index (χ1v) is 8.81. The summed E-state index contributed by atoms with van der Waals surface area (Å²) in [7, 11) is 1.52. The van der Waals surface area contributed by atoms with Crippen molar-refractivity contribution in [3.05, 3.63) is 59.2 Å². The lowest BCUT2D eigenvalue weighted by molar-refractivity contribution is -0.122. The molecule has 0 unspecified atom stereocenters. The molecular formula is C21H18N2O5. The highest BCUT2D eigenvalue weighted by Gasteiger charge is 2.36. The van der Waals surface area contributed by atoms with Crippen molar-refractivity contribution in [1.29, 1.82) is 0 Å². The van der Waals surface area contributed by atoms with E-state index in [1.807, 2.05) is 19.1 Å². The quantitative estimate of drug-likeness (QED) is 0.656. The average Bonchev–Trinajstić information content (AvgIpc) is 3.05. The number of amides is 4. The smallest absolute Gasteiger partial charge is 0.335 e. The SMILES string of the molecule is COc1ccc(N2C(=O)NC(=O)/C(=C\c3ccc4c(c3)C[C@H](C)O4)C2=O)cc1. The van der Waals surface area contributed by atoms with Gasteiger partial charge in [-0.25, -0.2) is 9.69 Å². The summed E-state index contributed by atoms with van der Waals surface area (Å²) in [6.45, 7) is 1.98. The molecular weight excluding hydrogens is 360 g/mol. The number of ether oxygens (including phenoxy) is 2. The molecule has 1 saturated heterocycles. The number of rotatable bonds is 3. The Kier molecular flexibility index (Phi) is 4.35. The van der Waals surface area contributed by atoms with Gasteiger partial charge in [0, 0.05) is 6.42 Å². The highest BCUT2D eigenvalue weighted by atomic mass is 16.5. The second-order valence-corrected chi connectivity index (χ2v) is 6.66. The van der Waals surface area contributed by atoms with E-state index in [4.69, 9.17) is 9.47 Å². The predicted octanol–water partition coefficient (Wildman–Crippen LogP) is 2.69. The Morgan fingerprint density at radius 1 is 1.14 bits per heavy atom. The van der Waals surface area contributed by atoms with Crippen LogP contribution in [0.5, 0.6) is 11.5 Å². The van der Waals surface area contributed by atoms with Crippen molar-refractivity contribution in [2.75, 3.05) is 12.0 Å². The highest BCUT2D eigenvalue weighted by Crippen LogP contribution is 2.30. The fourth-order valence-corrected chi connectivity index (χ4v) is 3.32. The summed E-state index contributed by atoms with van der Waals surface area (Å²) in [6.07, 6.45) is 2.35. The molecule has 0 aromatic heterocycles. The number of hydrogen-bond donors (Lipinski definition) is 1. The van der Waals surface area contributed by atoms with Gasteiger partial charge in [0.1, 0.15) is 23.2 Å². The maximum absolute atomic E-state index is 12.9. The Labute approximate surface area is 161 Å². The number of anilines is 1. The zero-order valence-electron chi connectivity index (χ0n) is 15.4. The molecule has 7 nitrogen and oxygen atoms in total. The summed E-state index contributed by atoms with van der Waals surface area (Å²) >= 11 is 0. The number of urea groups is 1. The van der Waals surface area contributed by atoms with E-state index >= 15 is 0 Å². The van der Waals surface area contributed by atoms with E-state index in [0.717, 1.165) is 22.6 Å². The minimum Gasteiger partial charge on any atom is -0.497 e. The average molecular weight is 378 g/mol. The van der Waals surface area contributed by atoms with Crippen LogP contribution in [0.1, 0.15) is 18.1 Å². The molecule has 0 bridgehead atoms. The van der Waals surface area contributed by atoms with Crippen LogP contribution in [0.3, 0.4) is 0 Å². The van der Waals surface area contributed by atoms with E-state index in [0.29, 0.717) is 17.0 Å². The third kappa shape index (κ3) is 3.11. The molecule has 2 aliphatic heterocycles. The molecule has 4 amide bonds. The number of imide groups is 2. The van der Waals surface area contributed by atoms with Gasteiger partial charge < -0.3 is 9.47 Å². The van der Waals surface area contributed by atoms with Gasteiger partial charge in [-0.1, -0.05) is 6.07 Å². The number of methoxy groups -OCH3 is 1. The van der Waals surface area contributed by atoms with Gasteiger partial charge in [0.2, 0.25) is 0 Å². The minimum atomic E-state index is -0.784. The highest BCUT2D eigenvalue weighted by molar-refractivity contribution is 6.39. The third-order valence-electron chi connectivity index (χ3n) is 4.66. The number of carbonyl (C=O) groups excluding carboxylic acids is 3. The number of nitrogens with one attached hydrogen (secondary N) is 1. The lowest BCUT2D eigenvalue weighted by Gasteiger charge is -2.26. The van der Waals surface area contributed by atoms with Gasteiger partial charge in [0.25, 0.3) is 11.8 Å². The Morgan fingerprint density at radius 2 is 1.89 bits per heavy atom. The van der Waals surface area contributed by atoms with E-state index in [-0.39, 0.29) is 11.7 Å². The Morgan fingerprint density at radius 3 is 2.61 bits per heavy atom. The number of barbiturate groups is 1. The first-order valence-electron chi connectivity index (χ1n) is 8.81. The van der Waals surface area contributed by atoms with Gasteiger partial charge in [-0.3, -0.25) is 14.9 Å². The van der Waals surface area contributed by atoms with Gasteiger partial charge in [-0.15, -0.1) is 0 Å². The number of nitrogens with zero attached hydrogens (tertiary/aromatic N) is 1. The Bertz CT molecular complexity index is 1010. The van der Waals surface area contributed by atoms with E-state index in [9.17, 15) is 14.4 Å². The summed E-state index contributed by atoms with van der Waals surface area (Å²) in [4.78, 5) is 38.4. The first kappa shape index (κ1) is 17.8. The first-order chi connectivity index (χ1) is 13.5. The number of fused-ring (bicyclic) bond motifs is 1. The summed E-state index contributed by atoms with van der Waals surface area (Å²) in [5, 5.41) is 2.22. The maximum atomic E-state index is 12.9. The van der Waals surface area contributed by atoms with Crippen LogP contribution >= 0.6 is 0 Å². The van der Waals surface area contributed by atoms with Gasteiger partial charge in [0.05, 0.1) is 12.8 Å². The van der Waals surface area contributed by atoms with E-state index in [1.165, 1.54) is 13.2 Å². The zero-order valence-corrected chi connectivity index (χ0v) is 15.4. The van der Waals surface area contributed by atoms with E-state index < -0.39 is 17.8 Å². The van der Waals surface area contributed by atoms with Gasteiger partial charge in [-0.2, -0.15) is 0 Å². The molecule has 142 valence electrons. The van der Waals surface area contributed by atoms with Crippen molar-refractivity contribution < 1.29 is 23.9 Å². The van der Waals surface area contributed by atoms with Crippen molar-refractivity contribution >= 4 is 29.6 Å². The molecule has 7 heteroatoms. The summed E-state index contributed by atoms with van der Waals surface area (Å²) in [5.41, 5.74) is 1.95. The van der Waals surface area contributed by atoms with Crippen LogP contribution in [0.2, 0.25) is 0 Å². The predicted molar refractivity (Wildman–Crippen MR) is 102 cm³/mol. The fraction of sp³-hybridized carbons (Fsp3) is 0.190. The lowest BCUT2D eigenvalue weighted by atomic mass is 10.0. The molecule has 2 aliphatic rings. The van der Waals surface area contributed by atoms with Crippen molar-refractivity contribution in [3.63, 3.8) is 0 Å². The molecule has 2 aromatic carbocycles. The summed E-state index contributed by atoms with van der Waals surface area (Å²) in [6, 6.07) is 11.1. The molecule has 4 rings (SSSR count). The molecule has 1 atom stereocenters. The Hall–Kier alpha value is -3.61. The van der Waals surface area contributed by atoms with Crippen LogP contribution in [-0.4, -0.2) is 31.1 Å². The number of hydrogen-bond acceptors (Lipinski definition) is 5. The fourth-order valence-electron chi connectivity index (χ4n) is 3.32. The van der Waals surface area contributed by atoms with Crippen LogP contribution in [-0.2, 0) is 16.0 Å². The molecule has 28 heavy (non-hydrogen) atoms. The van der Waals surface area contributed by atoms with Crippen LogP contribution in [0.15, 0.2) is 48.0 Å². The number of carbonyl (C=O) groups is 3. The molecule has 2 aromatic rings. The van der Waals surface area contributed by atoms with Crippen molar-refractivity contribution in [2.45, 2.75) is 19.4 Å². The third-order valence-corrected chi connectivity index (χ3v) is 4.66. The van der Waals surface area contributed by atoms with E-state index in [2.05, 4.69) is 5.32 Å². The second kappa shape index (κ2) is 6.84. The molecule has 0 aliphatic carbocycles. The second-order valence-electron chi connectivity index (χ2n) is 6.66. The summed E-state index contributed by atoms with van der Waals surface area (Å²) < 4.78 is 10.8. The van der Waals surface area contributed by atoms with Crippen LogP contribution < -0.4 is 19.7 Å². The standard InChI is InChI=1S/C21H18N2O5/c1-12-9-14-10-13(3-8-18(14)28-12)11-17-19(24)22-21(26)23(20(17)25)15-4-6-16(27-2)7-5-15/h3-8,10-12H,9H2,1-2H3,(H,22,24,26)/b17-11+/t12-/m0/s1. The lowest BCUT2D eigenvalue weighted by Crippen LogP contribution is -2.54. The van der Waals surface area contributed by atoms with Gasteiger partial charge in [0.15, 0.2) is 0 Å². The largest absolute Gasteiger partial charge is 0.497 e. The Balaban J connectivity index is 1.67. The van der Waals surface area contributed by atoms with E-state index in [1.54, 1.807) is 30.3 Å². The van der Waals surface area contributed by atoms with Gasteiger partial charge >= 0.3 is 6.03 Å². The summed E-state index contributed by atoms with van der Waals surface area (Å²) in [5.74, 6) is 0.00747. The minimum absolute atomic E-state index is 0.0979. The molecule has 0 radical (unpaired) electrons. The number of benzene rings is 2. The topological polar surface area (TPSA) is 84.9 Å². The van der Waals surface area contributed by atoms with Crippen molar-refractivity contribution in [2.24, 2.45) is 0 Å². The van der Waals surface area contributed by atoms with Crippen molar-refractivity contribution in [1.82, 2.24) is 5.32 Å². The monoisotopic (exact) mass is 378 g/mol. The van der Waals surface area contributed by atoms with Crippen LogP contribution in [0.25, 0.3) is 6.08 Å². The van der Waals surface area contributed by atoms with Crippen LogP contribution in [0.4, 0.5) is 10.5 Å². The normalized spacial score (nSPS) is 20.1. The molecule has 2 heterocycles. The maximum Gasteiger partial charge on any atom is 0.335 e. The molecule has 1 N–H and O–H groups in total.